The van der Waals surface area contributed by atoms with E-state index in [0.29, 0.717) is 0 Å². The summed E-state index contributed by atoms with van der Waals surface area (Å²) in [7, 11) is 0. The van der Waals surface area contributed by atoms with Gasteiger partial charge in [-0.3, -0.25) is 0 Å². The molecule has 0 amide bonds. The molecule has 0 rings (SSSR count). The van der Waals surface area contributed by atoms with Gasteiger partial charge in [-0.15, -0.1) is 0 Å². The zero-order valence-electron chi connectivity index (χ0n) is 4.78. The SMILES string of the molecule is C[Si](C)(C)[GeH2][NH2]. The average molecular weight is 164 g/mol. The molecular formula is C3H13GeNSi. The molecule has 3 heteroatoms. The van der Waals surface area contributed by atoms with Crippen molar-refractivity contribution >= 4 is 21.6 Å². The number of hydrogen-bond donors (Lipinski definition) is 1. The molecule has 0 aliphatic heterocycles. The standard InChI is InChI=1S/C3H13GeNSi/c1-6(2,3)4-5/h4-5H2,1-3H3. The predicted molar refractivity (Wildman–Crippen MR) is 36.1 cm³/mol. The van der Waals surface area contributed by atoms with Crippen LogP contribution in [0.2, 0.25) is 19.6 Å². The Kier molecular flexibility index (Phi) is 2.39. The van der Waals surface area contributed by atoms with Crippen molar-refractivity contribution in [3.63, 3.8) is 0 Å². The summed E-state index contributed by atoms with van der Waals surface area (Å²) in [6.07, 6.45) is 0. The van der Waals surface area contributed by atoms with Gasteiger partial charge in [-0.2, -0.15) is 0 Å². The molecule has 0 spiro atoms. The zero-order valence-corrected chi connectivity index (χ0v) is 8.75. The molecular weight excluding hydrogens is 151 g/mol. The molecule has 0 saturated heterocycles. The van der Waals surface area contributed by atoms with Gasteiger partial charge in [0.1, 0.15) is 0 Å². The van der Waals surface area contributed by atoms with Crippen molar-refractivity contribution in [3.8, 4) is 0 Å². The summed E-state index contributed by atoms with van der Waals surface area (Å²) in [6.45, 7) is 6.35. The monoisotopic (exact) mass is 165 g/mol. The van der Waals surface area contributed by atoms with Gasteiger partial charge in [-0.25, -0.2) is 0 Å². The van der Waals surface area contributed by atoms with E-state index >= 15 is 0 Å². The van der Waals surface area contributed by atoms with Crippen LogP contribution < -0.4 is 4.69 Å². The molecule has 0 saturated carbocycles. The van der Waals surface area contributed by atoms with Gasteiger partial charge in [-0.1, -0.05) is 0 Å². The Labute approximate surface area is 46.4 Å². The van der Waals surface area contributed by atoms with E-state index in [2.05, 4.69) is 19.6 Å². The van der Waals surface area contributed by atoms with Crippen LogP contribution in [-0.4, -0.2) is 21.6 Å². The molecule has 0 aromatic heterocycles. The molecule has 0 fully saturated rings. The van der Waals surface area contributed by atoms with Crippen molar-refractivity contribution in [1.29, 1.82) is 0 Å². The van der Waals surface area contributed by atoms with Crippen molar-refractivity contribution < 1.29 is 0 Å². The molecule has 6 heavy (non-hydrogen) atoms. The third kappa shape index (κ3) is 4.72. The van der Waals surface area contributed by atoms with Crippen LogP contribution in [0.3, 0.4) is 0 Å². The normalized spacial score (nSPS) is 14.0. The summed E-state index contributed by atoms with van der Waals surface area (Å²) in [5, 5.41) is 0. The molecule has 0 radical (unpaired) electrons. The molecule has 0 heterocycles. The molecule has 38 valence electrons. The van der Waals surface area contributed by atoms with Gasteiger partial charge in [0.2, 0.25) is 0 Å². The summed E-state index contributed by atoms with van der Waals surface area (Å²) in [5.74, 6) is 0. The van der Waals surface area contributed by atoms with Gasteiger partial charge in [-0.05, 0) is 0 Å². The van der Waals surface area contributed by atoms with Gasteiger partial charge in [0.05, 0.1) is 0 Å². The van der Waals surface area contributed by atoms with Crippen molar-refractivity contribution in [2.45, 2.75) is 19.6 Å². The van der Waals surface area contributed by atoms with E-state index in [1.165, 1.54) is 0 Å². The number of nitrogens with two attached hydrogens (primary N) is 1. The predicted octanol–water partition coefficient (Wildman–Crippen LogP) is -0.136. The molecule has 0 aliphatic rings. The second kappa shape index (κ2) is 2.14. The Morgan fingerprint density at radius 1 is 1.33 bits per heavy atom. The molecule has 0 aliphatic carbocycles. The van der Waals surface area contributed by atoms with Crippen molar-refractivity contribution in [1.82, 2.24) is 0 Å². The quantitative estimate of drug-likeness (QED) is 0.536. The van der Waals surface area contributed by atoms with E-state index < -0.39 is 21.6 Å². The summed E-state index contributed by atoms with van der Waals surface area (Å²) in [5.41, 5.74) is 0. The topological polar surface area (TPSA) is 26.0 Å². The fraction of sp³-hybridized carbons (Fsp3) is 1.00. The van der Waals surface area contributed by atoms with E-state index in [4.69, 9.17) is 4.69 Å². The molecule has 1 nitrogen and oxygen atoms in total. The minimum atomic E-state index is -0.666. The Morgan fingerprint density at radius 2 is 1.50 bits per heavy atom. The molecule has 0 aromatic carbocycles. The number of hydrogen-bond acceptors (Lipinski definition) is 1. The maximum atomic E-state index is 5.55. The Bertz CT molecular complexity index is 40.5. The van der Waals surface area contributed by atoms with E-state index in [1.54, 1.807) is 0 Å². The summed E-state index contributed by atoms with van der Waals surface area (Å²) in [4.78, 5) is 0. The van der Waals surface area contributed by atoms with Crippen LogP contribution in [0.4, 0.5) is 0 Å². The Balaban J connectivity index is 3.17. The van der Waals surface area contributed by atoms with Crippen molar-refractivity contribution in [2.75, 3.05) is 0 Å². The Morgan fingerprint density at radius 3 is 1.50 bits per heavy atom. The average Bonchev–Trinajstić information content (AvgIpc) is 1.35. The first kappa shape index (κ1) is 6.72. The Hall–Kier alpha value is 0.720. The van der Waals surface area contributed by atoms with Crippen LogP contribution in [0.15, 0.2) is 0 Å². The second-order valence-corrected chi connectivity index (χ2v) is 24.2. The van der Waals surface area contributed by atoms with Crippen LogP contribution in [0.1, 0.15) is 0 Å². The second-order valence-electron chi connectivity index (χ2n) is 2.76. The van der Waals surface area contributed by atoms with Crippen LogP contribution in [0.25, 0.3) is 0 Å². The molecule has 0 unspecified atom stereocenters. The molecule has 2 N–H and O–H groups in total. The van der Waals surface area contributed by atoms with Gasteiger partial charge < -0.3 is 0 Å². The van der Waals surface area contributed by atoms with E-state index in [-0.39, 0.29) is 0 Å². The zero-order chi connectivity index (χ0) is 5.21. The number of rotatable bonds is 1. The first-order chi connectivity index (χ1) is 2.56. The first-order valence-corrected chi connectivity index (χ1v) is 12.1. The van der Waals surface area contributed by atoms with Crippen molar-refractivity contribution in [3.05, 3.63) is 0 Å². The van der Waals surface area contributed by atoms with Crippen LogP contribution in [-0.2, 0) is 0 Å². The van der Waals surface area contributed by atoms with Gasteiger partial charge in [0, 0.05) is 0 Å². The minimum absolute atomic E-state index is 0.465. The molecule has 0 aromatic rings. The summed E-state index contributed by atoms with van der Waals surface area (Å²) < 4.78 is 5.55. The summed E-state index contributed by atoms with van der Waals surface area (Å²) in [6, 6.07) is 0. The van der Waals surface area contributed by atoms with Crippen LogP contribution in [0, 0.1) is 0 Å². The van der Waals surface area contributed by atoms with Crippen LogP contribution in [0.5, 0.6) is 0 Å². The van der Waals surface area contributed by atoms with Gasteiger partial charge in [0.15, 0.2) is 0 Å². The fourth-order valence-corrected chi connectivity index (χ4v) is 0. The molecule has 0 atom stereocenters. The van der Waals surface area contributed by atoms with Gasteiger partial charge in [0.25, 0.3) is 0 Å². The van der Waals surface area contributed by atoms with Crippen molar-refractivity contribution in [2.24, 2.45) is 4.69 Å². The van der Waals surface area contributed by atoms with E-state index in [0.717, 1.165) is 0 Å². The third-order valence-corrected chi connectivity index (χ3v) is 9.55. The first-order valence-electron chi connectivity index (χ1n) is 2.26. The fourth-order valence-electron chi connectivity index (χ4n) is 0. The van der Waals surface area contributed by atoms with Gasteiger partial charge >= 0.3 is 45.9 Å². The third-order valence-electron chi connectivity index (χ3n) is 0.612. The maximum absolute atomic E-state index is 5.55. The molecule has 0 bridgehead atoms. The summed E-state index contributed by atoms with van der Waals surface area (Å²) >= 11 is -0.465. The van der Waals surface area contributed by atoms with E-state index in [1.807, 2.05) is 0 Å². The van der Waals surface area contributed by atoms with Crippen LogP contribution >= 0.6 is 0 Å². The van der Waals surface area contributed by atoms with E-state index in [9.17, 15) is 0 Å².